The van der Waals surface area contributed by atoms with E-state index in [0.29, 0.717) is 31.2 Å². The minimum absolute atomic E-state index is 0.0645. The number of nitrogens with zero attached hydrogens (tertiary/aromatic N) is 2. The van der Waals surface area contributed by atoms with Gasteiger partial charge in [0, 0.05) is 24.5 Å². The van der Waals surface area contributed by atoms with Crippen LogP contribution in [-0.4, -0.2) is 46.3 Å². The van der Waals surface area contributed by atoms with E-state index in [2.05, 4.69) is 25.9 Å². The molecule has 142 valence electrons. The molecule has 0 radical (unpaired) electrons. The van der Waals surface area contributed by atoms with Gasteiger partial charge < -0.3 is 31.5 Å². The molecule has 1 saturated carbocycles. The summed E-state index contributed by atoms with van der Waals surface area (Å²) in [6.45, 7) is 1.54. The predicted molar refractivity (Wildman–Crippen MR) is 102 cm³/mol. The van der Waals surface area contributed by atoms with Gasteiger partial charge in [-0.1, -0.05) is 0 Å². The lowest BCUT2D eigenvalue weighted by molar-refractivity contribution is 0.0835. The van der Waals surface area contributed by atoms with Gasteiger partial charge in [-0.15, -0.1) is 0 Å². The van der Waals surface area contributed by atoms with E-state index in [4.69, 9.17) is 10.5 Å². The monoisotopic (exact) mass is 370 g/mol. The van der Waals surface area contributed by atoms with E-state index in [9.17, 15) is 9.90 Å². The van der Waals surface area contributed by atoms with Crippen molar-refractivity contribution in [3.8, 4) is 5.75 Å². The van der Waals surface area contributed by atoms with Crippen LogP contribution in [0.3, 0.4) is 0 Å². The number of aliphatic hydroxyl groups excluding tert-OH is 1. The molecule has 9 nitrogen and oxygen atoms in total. The van der Waals surface area contributed by atoms with E-state index >= 15 is 0 Å². The summed E-state index contributed by atoms with van der Waals surface area (Å²) >= 11 is 0. The Bertz CT molecular complexity index is 853. The second-order valence-electron chi connectivity index (χ2n) is 6.75. The van der Waals surface area contributed by atoms with Gasteiger partial charge in [0.05, 0.1) is 24.0 Å². The minimum atomic E-state index is -0.602. The van der Waals surface area contributed by atoms with Crippen LogP contribution >= 0.6 is 0 Å². The fourth-order valence-corrected chi connectivity index (χ4v) is 3.11. The number of rotatable bonds is 5. The zero-order valence-corrected chi connectivity index (χ0v) is 14.7. The van der Waals surface area contributed by atoms with Crippen molar-refractivity contribution in [1.82, 2.24) is 9.97 Å². The summed E-state index contributed by atoms with van der Waals surface area (Å²) in [5.74, 6) is 0.925. The molecule has 2 aliphatic rings. The fourth-order valence-electron chi connectivity index (χ4n) is 3.11. The van der Waals surface area contributed by atoms with Gasteiger partial charge in [-0.25, -0.2) is 4.98 Å². The molecule has 1 aromatic carbocycles. The summed E-state index contributed by atoms with van der Waals surface area (Å²) in [5.41, 5.74) is 7.35. The van der Waals surface area contributed by atoms with Gasteiger partial charge in [0.25, 0.3) is 5.91 Å². The van der Waals surface area contributed by atoms with E-state index in [0.717, 1.165) is 30.1 Å². The smallest absolute Gasteiger partial charge is 0.254 e. The van der Waals surface area contributed by atoms with Gasteiger partial charge >= 0.3 is 0 Å². The molecule has 1 aliphatic heterocycles. The Balaban J connectivity index is 1.55. The predicted octanol–water partition coefficient (Wildman–Crippen LogP) is 1.45. The highest BCUT2D eigenvalue weighted by Gasteiger charge is 2.28. The molecule has 0 unspecified atom stereocenters. The summed E-state index contributed by atoms with van der Waals surface area (Å²) in [6, 6.07) is 5.77. The number of ether oxygens (including phenoxy) is 1. The fraction of sp³-hybridized carbons (Fsp3) is 0.389. The molecular weight excluding hydrogens is 348 g/mol. The molecule has 0 spiro atoms. The van der Waals surface area contributed by atoms with E-state index < -0.39 is 5.91 Å². The van der Waals surface area contributed by atoms with Crippen molar-refractivity contribution in [2.75, 3.05) is 29.1 Å². The second-order valence-corrected chi connectivity index (χ2v) is 6.75. The lowest BCUT2D eigenvalue weighted by atomic mass is 9.89. The number of carbonyl (C=O) groups excluding carboxylic acids is 1. The van der Waals surface area contributed by atoms with Crippen LogP contribution in [0, 0.1) is 0 Å². The van der Waals surface area contributed by atoms with Crippen LogP contribution in [0.5, 0.6) is 5.75 Å². The van der Waals surface area contributed by atoms with Gasteiger partial charge in [-0.2, -0.15) is 4.98 Å². The van der Waals surface area contributed by atoms with Crippen molar-refractivity contribution in [2.24, 2.45) is 5.73 Å². The summed E-state index contributed by atoms with van der Waals surface area (Å²) < 4.78 is 5.68. The lowest BCUT2D eigenvalue weighted by Crippen LogP contribution is -2.39. The Hall–Kier alpha value is -3.07. The third-order valence-corrected chi connectivity index (χ3v) is 4.64. The molecule has 1 amide bonds. The Morgan fingerprint density at radius 3 is 3.00 bits per heavy atom. The van der Waals surface area contributed by atoms with Gasteiger partial charge in [0.15, 0.2) is 0 Å². The van der Waals surface area contributed by atoms with E-state index in [1.165, 1.54) is 6.20 Å². The maximum atomic E-state index is 11.6. The third-order valence-electron chi connectivity index (χ3n) is 4.64. The molecule has 2 heterocycles. The van der Waals surface area contributed by atoms with Crippen LogP contribution in [0.1, 0.15) is 29.6 Å². The second kappa shape index (κ2) is 7.28. The third kappa shape index (κ3) is 3.87. The number of nitrogens with two attached hydrogens (primary N) is 1. The summed E-state index contributed by atoms with van der Waals surface area (Å²) in [6.07, 6.45) is 3.26. The molecule has 9 heteroatoms. The minimum Gasteiger partial charge on any atom is -0.491 e. The van der Waals surface area contributed by atoms with Crippen LogP contribution in [0.2, 0.25) is 0 Å². The van der Waals surface area contributed by atoms with Crippen molar-refractivity contribution in [2.45, 2.75) is 31.4 Å². The van der Waals surface area contributed by atoms with Crippen molar-refractivity contribution in [1.29, 1.82) is 0 Å². The number of amides is 1. The number of fused-ring (bicyclic) bond motifs is 1. The molecule has 0 atom stereocenters. The first-order valence-electron chi connectivity index (χ1n) is 8.97. The maximum Gasteiger partial charge on any atom is 0.254 e. The standard InChI is InChI=1S/C18H22N6O3/c19-16(26)13-9-21-18(24-17(13)22-11-6-12(25)7-11)23-10-2-3-15-14(8-10)20-4-1-5-27-15/h2-3,8-9,11-12,20,25H,1,4-7H2,(H2,19,26)(H2,21,22,23,24). The highest BCUT2D eigenvalue weighted by Crippen LogP contribution is 2.31. The highest BCUT2D eigenvalue weighted by molar-refractivity contribution is 5.97. The number of carbonyl (C=O) groups is 1. The zero-order valence-electron chi connectivity index (χ0n) is 14.7. The van der Waals surface area contributed by atoms with E-state index in [1.54, 1.807) is 0 Å². The summed E-state index contributed by atoms with van der Waals surface area (Å²) in [7, 11) is 0. The van der Waals surface area contributed by atoms with Crippen molar-refractivity contribution >= 4 is 29.0 Å². The molecule has 6 N–H and O–H groups in total. The zero-order chi connectivity index (χ0) is 18.8. The SMILES string of the molecule is NC(=O)c1cnc(Nc2ccc3c(c2)NCCCO3)nc1NC1CC(O)C1. The van der Waals surface area contributed by atoms with Crippen LogP contribution in [0.15, 0.2) is 24.4 Å². The van der Waals surface area contributed by atoms with Crippen molar-refractivity contribution in [3.63, 3.8) is 0 Å². The van der Waals surface area contributed by atoms with Gasteiger partial charge in [0.2, 0.25) is 5.95 Å². The summed E-state index contributed by atoms with van der Waals surface area (Å²) in [4.78, 5) is 20.2. The average Bonchev–Trinajstić information content (AvgIpc) is 2.85. The number of primary amides is 1. The van der Waals surface area contributed by atoms with Crippen LogP contribution < -0.4 is 26.4 Å². The number of hydrogen-bond donors (Lipinski definition) is 5. The van der Waals surface area contributed by atoms with Gasteiger partial charge in [-0.05, 0) is 37.5 Å². The average molecular weight is 370 g/mol. The van der Waals surface area contributed by atoms with Crippen LogP contribution in [-0.2, 0) is 0 Å². The van der Waals surface area contributed by atoms with Gasteiger partial charge in [-0.3, -0.25) is 4.79 Å². The quantitative estimate of drug-likeness (QED) is 0.534. The highest BCUT2D eigenvalue weighted by atomic mass is 16.5. The molecular formula is C18H22N6O3. The number of anilines is 4. The molecule has 4 rings (SSSR count). The van der Waals surface area contributed by atoms with Crippen LogP contribution in [0.25, 0.3) is 0 Å². The maximum absolute atomic E-state index is 11.6. The molecule has 1 aliphatic carbocycles. The van der Waals surface area contributed by atoms with E-state index in [-0.39, 0.29) is 17.7 Å². The number of aromatic nitrogens is 2. The van der Waals surface area contributed by atoms with Crippen molar-refractivity contribution < 1.29 is 14.6 Å². The Kier molecular flexibility index (Phi) is 4.68. The molecule has 0 saturated heterocycles. The lowest BCUT2D eigenvalue weighted by Gasteiger charge is -2.32. The molecule has 2 aromatic rings. The normalized spacial score (nSPS) is 20.9. The topological polar surface area (TPSA) is 134 Å². The van der Waals surface area contributed by atoms with Gasteiger partial charge in [0.1, 0.15) is 11.6 Å². The first-order valence-corrected chi connectivity index (χ1v) is 8.97. The van der Waals surface area contributed by atoms with E-state index in [1.807, 2.05) is 18.2 Å². The first kappa shape index (κ1) is 17.3. The molecule has 1 fully saturated rings. The molecule has 1 aromatic heterocycles. The number of aliphatic hydroxyl groups is 1. The largest absolute Gasteiger partial charge is 0.491 e. The Morgan fingerprint density at radius 2 is 2.22 bits per heavy atom. The number of hydrogen-bond acceptors (Lipinski definition) is 8. The van der Waals surface area contributed by atoms with Crippen LogP contribution in [0.4, 0.5) is 23.1 Å². The number of nitrogens with one attached hydrogen (secondary N) is 3. The Morgan fingerprint density at radius 1 is 1.37 bits per heavy atom. The summed E-state index contributed by atoms with van der Waals surface area (Å²) in [5, 5.41) is 19.1. The molecule has 27 heavy (non-hydrogen) atoms. The first-order chi connectivity index (χ1) is 13.1. The molecule has 0 bridgehead atoms. The van der Waals surface area contributed by atoms with Crippen molar-refractivity contribution in [3.05, 3.63) is 30.0 Å². The Labute approximate surface area is 156 Å². The number of benzene rings is 1.